The van der Waals surface area contributed by atoms with E-state index in [-0.39, 0.29) is 24.3 Å². The lowest BCUT2D eigenvalue weighted by Gasteiger charge is -2.26. The Morgan fingerprint density at radius 2 is 2.11 bits per heavy atom. The third-order valence-electron chi connectivity index (χ3n) is 3.60. The zero-order valence-corrected chi connectivity index (χ0v) is 11.1. The van der Waals surface area contributed by atoms with Crippen molar-refractivity contribution in [3.8, 4) is 0 Å². The van der Waals surface area contributed by atoms with Gasteiger partial charge in [0, 0.05) is 12.8 Å². The van der Waals surface area contributed by atoms with Gasteiger partial charge in [0.1, 0.15) is 18.3 Å². The van der Waals surface area contributed by atoms with Gasteiger partial charge in [0.25, 0.3) is 0 Å². The zero-order chi connectivity index (χ0) is 13.3. The van der Waals surface area contributed by atoms with Gasteiger partial charge in [-0.15, -0.1) is 0 Å². The predicted octanol–water partition coefficient (Wildman–Crippen LogP) is 2.42. The molecule has 0 spiro atoms. The van der Waals surface area contributed by atoms with E-state index in [1.165, 1.54) is 0 Å². The van der Waals surface area contributed by atoms with E-state index in [1.807, 2.05) is 20.8 Å². The fourth-order valence-electron chi connectivity index (χ4n) is 2.57. The van der Waals surface area contributed by atoms with Gasteiger partial charge >= 0.3 is 12.1 Å². The summed E-state index contributed by atoms with van der Waals surface area (Å²) in [4.78, 5) is 23.1. The summed E-state index contributed by atoms with van der Waals surface area (Å²) >= 11 is 0. The summed E-state index contributed by atoms with van der Waals surface area (Å²) < 4.78 is 15.5. The molecule has 0 aromatic rings. The summed E-state index contributed by atoms with van der Waals surface area (Å²) in [5, 5.41) is 0. The smallest absolute Gasteiger partial charge is 0.458 e. The Balaban J connectivity index is 1.94. The van der Waals surface area contributed by atoms with Crippen molar-refractivity contribution in [1.29, 1.82) is 0 Å². The molecular weight excluding hydrogens is 236 g/mol. The first-order valence-electron chi connectivity index (χ1n) is 6.50. The molecule has 18 heavy (non-hydrogen) atoms. The van der Waals surface area contributed by atoms with Crippen LogP contribution in [0.15, 0.2) is 0 Å². The van der Waals surface area contributed by atoms with Gasteiger partial charge in [0.15, 0.2) is 0 Å². The Labute approximate surface area is 107 Å². The largest absolute Gasteiger partial charge is 0.508 e. The first-order chi connectivity index (χ1) is 8.42. The highest BCUT2D eigenvalue weighted by atomic mass is 16.8. The number of carbonyl (C=O) groups excluding carboxylic acids is 2. The number of fused-ring (bicyclic) bond motifs is 2. The number of carbonyl (C=O) groups is 2. The van der Waals surface area contributed by atoms with E-state index in [2.05, 4.69) is 0 Å². The van der Waals surface area contributed by atoms with E-state index < -0.39 is 11.6 Å². The molecule has 3 atom stereocenters. The minimum atomic E-state index is -0.650. The Bertz CT molecular complexity index is 349. The van der Waals surface area contributed by atoms with E-state index >= 15 is 0 Å². The summed E-state index contributed by atoms with van der Waals surface area (Å²) in [5.74, 6) is -0.224. The number of hydrogen-bond acceptors (Lipinski definition) is 5. The van der Waals surface area contributed by atoms with Crippen LogP contribution in [0.1, 0.15) is 46.5 Å². The molecular formula is C13H20O5. The fraction of sp³-hybridized carbons (Fsp3) is 0.846. The highest BCUT2D eigenvalue weighted by Gasteiger charge is 2.46. The third-order valence-corrected chi connectivity index (χ3v) is 3.60. The Morgan fingerprint density at radius 3 is 2.78 bits per heavy atom. The molecule has 2 fully saturated rings. The maximum Gasteiger partial charge on any atom is 0.508 e. The van der Waals surface area contributed by atoms with Gasteiger partial charge in [0.05, 0.1) is 5.41 Å². The summed E-state index contributed by atoms with van der Waals surface area (Å²) in [5.41, 5.74) is -0.490. The maximum atomic E-state index is 12.1. The second-order valence-corrected chi connectivity index (χ2v) is 5.70. The molecule has 1 aliphatic carbocycles. The molecule has 5 heteroatoms. The van der Waals surface area contributed by atoms with Crippen LogP contribution < -0.4 is 0 Å². The molecule has 2 aliphatic rings. The fourth-order valence-corrected chi connectivity index (χ4v) is 2.57. The second kappa shape index (κ2) is 4.78. The quantitative estimate of drug-likeness (QED) is 0.723. The van der Waals surface area contributed by atoms with Crippen molar-refractivity contribution >= 4 is 12.1 Å². The topological polar surface area (TPSA) is 61.8 Å². The summed E-state index contributed by atoms with van der Waals surface area (Å²) in [6, 6.07) is 0. The van der Waals surface area contributed by atoms with Crippen LogP contribution in [0.25, 0.3) is 0 Å². The van der Waals surface area contributed by atoms with Crippen molar-refractivity contribution in [2.45, 2.75) is 64.8 Å². The van der Waals surface area contributed by atoms with Gasteiger partial charge in [-0.1, -0.05) is 13.3 Å². The third kappa shape index (κ3) is 2.60. The Morgan fingerprint density at radius 1 is 1.39 bits per heavy atom. The van der Waals surface area contributed by atoms with E-state index in [9.17, 15) is 9.59 Å². The van der Waals surface area contributed by atoms with E-state index in [1.54, 1.807) is 0 Å². The van der Waals surface area contributed by atoms with Crippen molar-refractivity contribution in [2.75, 3.05) is 0 Å². The van der Waals surface area contributed by atoms with Crippen LogP contribution in [0.4, 0.5) is 4.79 Å². The lowest BCUT2D eigenvalue weighted by atomic mass is 9.88. The standard InChI is InChI=1S/C13H20O5/c1-4-5-13(2,3)11(14)17-9-6-8-7-10(9)18-12(15)16-8/h8-10H,4-7H2,1-3H3. The van der Waals surface area contributed by atoms with E-state index in [0.717, 1.165) is 12.8 Å². The number of esters is 1. The molecule has 0 N–H and O–H groups in total. The van der Waals surface area contributed by atoms with Gasteiger partial charge in [-0.3, -0.25) is 4.79 Å². The van der Waals surface area contributed by atoms with Gasteiger partial charge in [-0.25, -0.2) is 4.79 Å². The van der Waals surface area contributed by atoms with Crippen LogP contribution in [-0.2, 0) is 19.0 Å². The molecule has 2 rings (SSSR count). The second-order valence-electron chi connectivity index (χ2n) is 5.70. The van der Waals surface area contributed by atoms with Crippen molar-refractivity contribution in [1.82, 2.24) is 0 Å². The highest BCUT2D eigenvalue weighted by Crippen LogP contribution is 2.34. The summed E-state index contributed by atoms with van der Waals surface area (Å²) in [7, 11) is 0. The average molecular weight is 256 g/mol. The molecule has 3 unspecified atom stereocenters. The molecule has 1 heterocycles. The monoisotopic (exact) mass is 256 g/mol. The molecule has 0 aromatic heterocycles. The average Bonchev–Trinajstić information content (AvgIpc) is 2.53. The Hall–Kier alpha value is -1.26. The molecule has 0 radical (unpaired) electrons. The molecule has 1 saturated carbocycles. The van der Waals surface area contributed by atoms with Gasteiger partial charge in [0.2, 0.25) is 0 Å². The lowest BCUT2D eigenvalue weighted by molar-refractivity contribution is -0.164. The van der Waals surface area contributed by atoms with Crippen LogP contribution in [0.2, 0.25) is 0 Å². The first kappa shape index (κ1) is 13.2. The van der Waals surface area contributed by atoms with Crippen LogP contribution in [0.3, 0.4) is 0 Å². The number of hydrogen-bond donors (Lipinski definition) is 0. The number of rotatable bonds is 4. The van der Waals surface area contributed by atoms with Gasteiger partial charge in [-0.2, -0.15) is 0 Å². The molecule has 1 saturated heterocycles. The van der Waals surface area contributed by atoms with Crippen molar-refractivity contribution in [2.24, 2.45) is 5.41 Å². The van der Waals surface area contributed by atoms with Crippen LogP contribution in [0.5, 0.6) is 0 Å². The van der Waals surface area contributed by atoms with Crippen molar-refractivity contribution < 1.29 is 23.8 Å². The summed E-state index contributed by atoms with van der Waals surface area (Å²) in [6.07, 6.45) is 1.37. The normalized spacial score (nSPS) is 30.6. The van der Waals surface area contributed by atoms with Crippen LogP contribution in [-0.4, -0.2) is 30.4 Å². The van der Waals surface area contributed by atoms with E-state index in [0.29, 0.717) is 12.8 Å². The Kier molecular flexibility index (Phi) is 3.50. The van der Waals surface area contributed by atoms with Gasteiger partial charge in [-0.05, 0) is 20.3 Å². The van der Waals surface area contributed by atoms with Crippen molar-refractivity contribution in [3.63, 3.8) is 0 Å². The minimum absolute atomic E-state index is 0.164. The first-order valence-corrected chi connectivity index (χ1v) is 6.50. The highest BCUT2D eigenvalue weighted by molar-refractivity contribution is 5.76. The van der Waals surface area contributed by atoms with E-state index in [4.69, 9.17) is 14.2 Å². The minimum Gasteiger partial charge on any atom is -0.458 e. The van der Waals surface area contributed by atoms with Crippen molar-refractivity contribution in [3.05, 3.63) is 0 Å². The van der Waals surface area contributed by atoms with Crippen LogP contribution >= 0.6 is 0 Å². The molecule has 2 bridgehead atoms. The van der Waals surface area contributed by atoms with Crippen LogP contribution in [0, 0.1) is 5.41 Å². The molecule has 1 aliphatic heterocycles. The molecule has 5 nitrogen and oxygen atoms in total. The number of ether oxygens (including phenoxy) is 3. The zero-order valence-electron chi connectivity index (χ0n) is 11.1. The SMILES string of the molecule is CCCC(C)(C)C(=O)OC1CC2CC1OC(=O)O2. The maximum absolute atomic E-state index is 12.1. The predicted molar refractivity (Wildman–Crippen MR) is 62.9 cm³/mol. The lowest BCUT2D eigenvalue weighted by Crippen LogP contribution is -2.36. The molecule has 102 valence electrons. The summed E-state index contributed by atoms with van der Waals surface area (Å²) in [6.45, 7) is 5.79. The van der Waals surface area contributed by atoms with Gasteiger partial charge < -0.3 is 14.2 Å². The molecule has 0 aromatic carbocycles. The molecule has 0 amide bonds.